The molecule has 1 unspecified atom stereocenters. The lowest BCUT2D eigenvalue weighted by atomic mass is 10.0. The molecule has 5 nitrogen and oxygen atoms in total. The third kappa shape index (κ3) is 7.50. The third-order valence-corrected chi connectivity index (χ3v) is 5.39. The summed E-state index contributed by atoms with van der Waals surface area (Å²) in [6.07, 6.45) is 1.21. The maximum Gasteiger partial charge on any atom is 0.191 e. The van der Waals surface area contributed by atoms with Crippen molar-refractivity contribution >= 4 is 39.8 Å². The second-order valence-electron chi connectivity index (χ2n) is 6.53. The molecule has 0 saturated carbocycles. The molecule has 148 valence electrons. The Morgan fingerprint density at radius 2 is 1.63 bits per heavy atom. The van der Waals surface area contributed by atoms with E-state index in [1.165, 1.54) is 17.4 Å². The smallest absolute Gasteiger partial charge is 0.191 e. The fourth-order valence-corrected chi connectivity index (χ4v) is 3.15. The van der Waals surface area contributed by atoms with E-state index in [1.54, 1.807) is 19.2 Å². The Bertz CT molecular complexity index is 848. The summed E-state index contributed by atoms with van der Waals surface area (Å²) in [6.45, 7) is 5.61. The molecule has 0 amide bonds. The van der Waals surface area contributed by atoms with Gasteiger partial charge in [0.1, 0.15) is 0 Å². The molecular formula is C20H28IN3O2S. The van der Waals surface area contributed by atoms with Gasteiger partial charge in [0.25, 0.3) is 0 Å². The van der Waals surface area contributed by atoms with Crippen molar-refractivity contribution < 1.29 is 8.42 Å². The summed E-state index contributed by atoms with van der Waals surface area (Å²) in [6, 6.07) is 15.4. The standard InChI is InChI=1S/C20H27N3O2S.HI/c1-15-5-9-18(10-6-15)16(2)13-22-20(21-3)23-14-17-7-11-19(12-8-17)26(4,24)25;/h5-12,16H,13-14H2,1-4H3,(H2,21,22,23);1H. The minimum absolute atomic E-state index is 0. The summed E-state index contributed by atoms with van der Waals surface area (Å²) in [5.74, 6) is 1.08. The van der Waals surface area contributed by atoms with Gasteiger partial charge in [0.15, 0.2) is 15.8 Å². The maximum atomic E-state index is 11.5. The van der Waals surface area contributed by atoms with Gasteiger partial charge >= 0.3 is 0 Å². The molecule has 0 aliphatic carbocycles. The number of nitrogens with one attached hydrogen (secondary N) is 2. The van der Waals surface area contributed by atoms with E-state index in [-0.39, 0.29) is 24.0 Å². The molecule has 1 atom stereocenters. The number of aliphatic imine (C=N–C) groups is 1. The molecule has 2 aromatic rings. The predicted molar refractivity (Wildman–Crippen MR) is 123 cm³/mol. The number of guanidine groups is 1. The zero-order valence-corrected chi connectivity index (χ0v) is 19.3. The Hall–Kier alpha value is -1.61. The first-order valence-electron chi connectivity index (χ1n) is 8.59. The van der Waals surface area contributed by atoms with Gasteiger partial charge < -0.3 is 10.6 Å². The summed E-state index contributed by atoms with van der Waals surface area (Å²) >= 11 is 0. The van der Waals surface area contributed by atoms with Crippen molar-refractivity contribution in [2.24, 2.45) is 4.99 Å². The van der Waals surface area contributed by atoms with Crippen molar-refractivity contribution in [1.29, 1.82) is 0 Å². The number of hydrogen-bond acceptors (Lipinski definition) is 3. The highest BCUT2D eigenvalue weighted by molar-refractivity contribution is 14.0. The van der Waals surface area contributed by atoms with Crippen LogP contribution in [0.2, 0.25) is 0 Å². The van der Waals surface area contributed by atoms with Gasteiger partial charge in [-0.1, -0.05) is 48.9 Å². The van der Waals surface area contributed by atoms with Crippen molar-refractivity contribution in [2.75, 3.05) is 19.8 Å². The van der Waals surface area contributed by atoms with Crippen LogP contribution >= 0.6 is 24.0 Å². The van der Waals surface area contributed by atoms with Crippen LogP contribution in [0, 0.1) is 6.92 Å². The average Bonchev–Trinajstić information content (AvgIpc) is 2.62. The molecule has 0 aliphatic heterocycles. The number of sulfone groups is 1. The average molecular weight is 501 g/mol. The Balaban J connectivity index is 0.00000364. The zero-order valence-electron chi connectivity index (χ0n) is 16.2. The van der Waals surface area contributed by atoms with Gasteiger partial charge in [-0.25, -0.2) is 8.42 Å². The Morgan fingerprint density at radius 1 is 1.04 bits per heavy atom. The summed E-state index contributed by atoms with van der Waals surface area (Å²) in [4.78, 5) is 4.57. The van der Waals surface area contributed by atoms with E-state index < -0.39 is 9.84 Å². The number of hydrogen-bond donors (Lipinski definition) is 2. The minimum Gasteiger partial charge on any atom is -0.356 e. The number of rotatable bonds is 6. The number of benzene rings is 2. The fourth-order valence-electron chi connectivity index (χ4n) is 2.52. The number of halogens is 1. The highest BCUT2D eigenvalue weighted by atomic mass is 127. The molecule has 0 heterocycles. The normalized spacial score (nSPS) is 12.8. The van der Waals surface area contributed by atoms with Crippen LogP contribution in [0.3, 0.4) is 0 Å². The lowest BCUT2D eigenvalue weighted by Gasteiger charge is -2.16. The van der Waals surface area contributed by atoms with Crippen LogP contribution < -0.4 is 10.6 Å². The first-order valence-corrected chi connectivity index (χ1v) is 10.5. The fraction of sp³-hybridized carbons (Fsp3) is 0.350. The van der Waals surface area contributed by atoms with E-state index in [2.05, 4.69) is 53.7 Å². The number of nitrogens with zero attached hydrogens (tertiary/aromatic N) is 1. The summed E-state index contributed by atoms with van der Waals surface area (Å²) in [5.41, 5.74) is 3.54. The van der Waals surface area contributed by atoms with Crippen molar-refractivity contribution in [2.45, 2.75) is 31.2 Å². The molecule has 0 radical (unpaired) electrons. The summed E-state index contributed by atoms with van der Waals surface area (Å²) in [7, 11) is -1.42. The van der Waals surface area contributed by atoms with Crippen molar-refractivity contribution in [3.05, 3.63) is 65.2 Å². The van der Waals surface area contributed by atoms with E-state index in [4.69, 9.17) is 0 Å². The molecule has 7 heteroatoms. The summed E-state index contributed by atoms with van der Waals surface area (Å²) in [5, 5.41) is 6.58. The lowest BCUT2D eigenvalue weighted by molar-refractivity contribution is 0.602. The largest absolute Gasteiger partial charge is 0.356 e. The van der Waals surface area contributed by atoms with Crippen molar-refractivity contribution in [1.82, 2.24) is 10.6 Å². The van der Waals surface area contributed by atoms with Crippen molar-refractivity contribution in [3.63, 3.8) is 0 Å². The topological polar surface area (TPSA) is 70.6 Å². The van der Waals surface area contributed by atoms with Gasteiger partial charge in [0.05, 0.1) is 4.90 Å². The highest BCUT2D eigenvalue weighted by Gasteiger charge is 2.08. The van der Waals surface area contributed by atoms with Crippen LogP contribution in [0.1, 0.15) is 29.5 Å². The predicted octanol–water partition coefficient (Wildman–Crippen LogP) is 3.49. The van der Waals surface area contributed by atoms with E-state index in [0.29, 0.717) is 17.4 Å². The van der Waals surface area contributed by atoms with Crippen LogP contribution in [-0.4, -0.2) is 34.2 Å². The van der Waals surface area contributed by atoms with Gasteiger partial charge in [0, 0.05) is 26.4 Å². The Morgan fingerprint density at radius 3 is 2.15 bits per heavy atom. The molecule has 0 spiro atoms. The Labute approximate surface area is 179 Å². The first-order chi connectivity index (χ1) is 12.3. The van der Waals surface area contributed by atoms with Gasteiger partial charge in [-0.05, 0) is 36.1 Å². The van der Waals surface area contributed by atoms with Gasteiger partial charge in [-0.2, -0.15) is 0 Å². The monoisotopic (exact) mass is 501 g/mol. The Kier molecular flexibility index (Phi) is 9.25. The van der Waals surface area contributed by atoms with E-state index in [0.717, 1.165) is 18.1 Å². The molecule has 0 fully saturated rings. The molecular weight excluding hydrogens is 473 g/mol. The van der Waals surface area contributed by atoms with Crippen LogP contribution in [-0.2, 0) is 16.4 Å². The van der Waals surface area contributed by atoms with Gasteiger partial charge in [-0.15, -0.1) is 24.0 Å². The zero-order chi connectivity index (χ0) is 19.2. The second kappa shape index (κ2) is 10.7. The van der Waals surface area contributed by atoms with Gasteiger partial charge in [0.2, 0.25) is 0 Å². The van der Waals surface area contributed by atoms with Crippen LogP contribution in [0.15, 0.2) is 58.4 Å². The summed E-state index contributed by atoms with van der Waals surface area (Å²) < 4.78 is 23.0. The quantitative estimate of drug-likeness (QED) is 0.361. The van der Waals surface area contributed by atoms with E-state index >= 15 is 0 Å². The molecule has 0 saturated heterocycles. The first kappa shape index (κ1) is 23.4. The molecule has 2 rings (SSSR count). The van der Waals surface area contributed by atoms with Gasteiger partial charge in [-0.3, -0.25) is 4.99 Å². The molecule has 0 aromatic heterocycles. The molecule has 2 aromatic carbocycles. The van der Waals surface area contributed by atoms with Crippen molar-refractivity contribution in [3.8, 4) is 0 Å². The number of aryl methyl sites for hydroxylation is 1. The van der Waals surface area contributed by atoms with E-state index in [9.17, 15) is 8.42 Å². The van der Waals surface area contributed by atoms with Crippen LogP contribution in [0.25, 0.3) is 0 Å². The second-order valence-corrected chi connectivity index (χ2v) is 8.55. The van der Waals surface area contributed by atoms with Crippen LogP contribution in [0.4, 0.5) is 0 Å². The maximum absolute atomic E-state index is 11.5. The van der Waals surface area contributed by atoms with Crippen LogP contribution in [0.5, 0.6) is 0 Å². The lowest BCUT2D eigenvalue weighted by Crippen LogP contribution is -2.38. The van der Waals surface area contributed by atoms with E-state index in [1.807, 2.05) is 12.1 Å². The minimum atomic E-state index is -3.16. The molecule has 27 heavy (non-hydrogen) atoms. The highest BCUT2D eigenvalue weighted by Crippen LogP contribution is 2.14. The molecule has 2 N–H and O–H groups in total. The molecule has 0 aliphatic rings. The SMILES string of the molecule is CN=C(NCc1ccc(S(C)(=O)=O)cc1)NCC(C)c1ccc(C)cc1.I. The third-order valence-electron chi connectivity index (χ3n) is 4.26. The molecule has 0 bridgehead atoms.